The predicted molar refractivity (Wildman–Crippen MR) is 91.4 cm³/mol. The van der Waals surface area contributed by atoms with Crippen LogP contribution in [-0.2, 0) is 4.74 Å². The normalized spacial score (nSPS) is 33.8. The SMILES string of the molecule is C=CCCC1CCC(CCC2CCC(COC)CC2)CC1. The molecule has 2 saturated carbocycles. The lowest BCUT2D eigenvalue weighted by Crippen LogP contribution is -2.20. The molecule has 0 amide bonds. The highest BCUT2D eigenvalue weighted by Gasteiger charge is 2.24. The average molecular weight is 293 g/mol. The van der Waals surface area contributed by atoms with Gasteiger partial charge in [0.15, 0.2) is 0 Å². The van der Waals surface area contributed by atoms with Gasteiger partial charge in [-0.15, -0.1) is 6.58 Å². The van der Waals surface area contributed by atoms with Crippen molar-refractivity contribution in [2.75, 3.05) is 13.7 Å². The van der Waals surface area contributed by atoms with Crippen LogP contribution in [0.1, 0.15) is 77.0 Å². The fraction of sp³-hybridized carbons (Fsp3) is 0.900. The molecule has 0 unspecified atom stereocenters. The van der Waals surface area contributed by atoms with Crippen molar-refractivity contribution in [2.24, 2.45) is 23.7 Å². The van der Waals surface area contributed by atoms with Crippen LogP contribution in [0.4, 0.5) is 0 Å². The monoisotopic (exact) mass is 292 g/mol. The van der Waals surface area contributed by atoms with E-state index in [1.54, 1.807) is 0 Å². The summed E-state index contributed by atoms with van der Waals surface area (Å²) in [7, 11) is 1.84. The lowest BCUT2D eigenvalue weighted by Gasteiger charge is -2.31. The summed E-state index contributed by atoms with van der Waals surface area (Å²) in [4.78, 5) is 0. The lowest BCUT2D eigenvalue weighted by atomic mass is 9.75. The fourth-order valence-corrected chi connectivity index (χ4v) is 4.56. The predicted octanol–water partition coefficient (Wildman–Crippen LogP) is 5.99. The third kappa shape index (κ3) is 6.14. The zero-order valence-electron chi connectivity index (χ0n) is 14.2. The minimum atomic E-state index is 0.853. The molecule has 0 bridgehead atoms. The molecule has 21 heavy (non-hydrogen) atoms. The summed E-state index contributed by atoms with van der Waals surface area (Å²) in [5, 5.41) is 0. The Labute approximate surface area is 132 Å². The molecular weight excluding hydrogens is 256 g/mol. The zero-order valence-corrected chi connectivity index (χ0v) is 14.2. The van der Waals surface area contributed by atoms with E-state index in [-0.39, 0.29) is 0 Å². The van der Waals surface area contributed by atoms with Gasteiger partial charge in [0.05, 0.1) is 0 Å². The van der Waals surface area contributed by atoms with Crippen LogP contribution < -0.4 is 0 Å². The molecule has 0 aromatic carbocycles. The van der Waals surface area contributed by atoms with Gasteiger partial charge in [0.25, 0.3) is 0 Å². The Balaban J connectivity index is 1.55. The highest BCUT2D eigenvalue weighted by Crippen LogP contribution is 2.37. The number of hydrogen-bond acceptors (Lipinski definition) is 1. The first-order valence-corrected chi connectivity index (χ1v) is 9.41. The third-order valence-electron chi connectivity index (χ3n) is 6.10. The minimum Gasteiger partial charge on any atom is -0.384 e. The summed E-state index contributed by atoms with van der Waals surface area (Å²) >= 11 is 0. The van der Waals surface area contributed by atoms with Crippen LogP contribution >= 0.6 is 0 Å². The topological polar surface area (TPSA) is 9.23 Å². The second kappa shape index (κ2) is 9.66. The Bertz CT molecular complexity index is 270. The van der Waals surface area contributed by atoms with E-state index in [1.807, 2.05) is 7.11 Å². The van der Waals surface area contributed by atoms with Gasteiger partial charge in [0.2, 0.25) is 0 Å². The molecule has 0 aromatic heterocycles. The molecule has 1 heteroatoms. The molecule has 0 spiro atoms. The number of methoxy groups -OCH3 is 1. The van der Waals surface area contributed by atoms with E-state index in [4.69, 9.17) is 4.74 Å². The maximum Gasteiger partial charge on any atom is 0.0490 e. The molecule has 0 N–H and O–H groups in total. The van der Waals surface area contributed by atoms with E-state index in [0.29, 0.717) is 0 Å². The molecule has 0 radical (unpaired) electrons. The standard InChI is InChI=1S/C20H36O/c1-3-4-5-17-6-8-18(9-7-17)10-11-19-12-14-20(15-13-19)16-21-2/h3,17-20H,1,4-16H2,2H3. The molecule has 0 aliphatic heterocycles. The molecule has 2 aliphatic carbocycles. The molecule has 2 fully saturated rings. The van der Waals surface area contributed by atoms with Crippen molar-refractivity contribution < 1.29 is 4.74 Å². The summed E-state index contributed by atoms with van der Waals surface area (Å²) in [5.74, 6) is 3.92. The van der Waals surface area contributed by atoms with Crippen LogP contribution in [-0.4, -0.2) is 13.7 Å². The van der Waals surface area contributed by atoms with Crippen LogP contribution in [0.25, 0.3) is 0 Å². The maximum atomic E-state index is 5.30. The Kier molecular flexibility index (Phi) is 7.85. The number of rotatable bonds is 8. The minimum absolute atomic E-state index is 0.853. The van der Waals surface area contributed by atoms with Crippen LogP contribution in [0.2, 0.25) is 0 Å². The van der Waals surface area contributed by atoms with Crippen LogP contribution in [0.5, 0.6) is 0 Å². The Morgan fingerprint density at radius 1 is 0.762 bits per heavy atom. The summed E-state index contributed by atoms with van der Waals surface area (Å²) in [5.41, 5.74) is 0. The van der Waals surface area contributed by atoms with Gasteiger partial charge in [-0.1, -0.05) is 57.4 Å². The first-order chi connectivity index (χ1) is 10.3. The smallest absolute Gasteiger partial charge is 0.0490 e. The maximum absolute atomic E-state index is 5.30. The van der Waals surface area contributed by atoms with Crippen molar-refractivity contribution in [3.63, 3.8) is 0 Å². The van der Waals surface area contributed by atoms with Crippen molar-refractivity contribution in [3.8, 4) is 0 Å². The molecule has 2 rings (SSSR count). The van der Waals surface area contributed by atoms with Crippen molar-refractivity contribution in [2.45, 2.75) is 77.0 Å². The Morgan fingerprint density at radius 2 is 1.19 bits per heavy atom. The summed E-state index contributed by atoms with van der Waals surface area (Å²) < 4.78 is 5.30. The number of allylic oxidation sites excluding steroid dienone is 1. The van der Waals surface area contributed by atoms with Crippen LogP contribution in [0, 0.1) is 23.7 Å². The van der Waals surface area contributed by atoms with Crippen LogP contribution in [0.15, 0.2) is 12.7 Å². The van der Waals surface area contributed by atoms with E-state index in [2.05, 4.69) is 12.7 Å². The molecule has 122 valence electrons. The zero-order chi connectivity index (χ0) is 14.9. The largest absolute Gasteiger partial charge is 0.384 e. The molecule has 0 heterocycles. The third-order valence-corrected chi connectivity index (χ3v) is 6.10. The molecular formula is C20H36O. The second-order valence-corrected chi connectivity index (χ2v) is 7.67. The summed E-state index contributed by atoms with van der Waals surface area (Å²) in [6.45, 7) is 4.84. The molecule has 1 nitrogen and oxygen atoms in total. The number of hydrogen-bond donors (Lipinski definition) is 0. The number of ether oxygens (including phenoxy) is 1. The van der Waals surface area contributed by atoms with Gasteiger partial charge < -0.3 is 4.74 Å². The highest BCUT2D eigenvalue weighted by molar-refractivity contribution is 4.78. The van der Waals surface area contributed by atoms with Gasteiger partial charge in [-0.3, -0.25) is 0 Å². The first kappa shape index (κ1) is 17.1. The molecule has 0 saturated heterocycles. The molecule has 0 atom stereocenters. The van der Waals surface area contributed by atoms with Gasteiger partial charge >= 0.3 is 0 Å². The van der Waals surface area contributed by atoms with E-state index >= 15 is 0 Å². The molecule has 0 aromatic rings. The van der Waals surface area contributed by atoms with Crippen molar-refractivity contribution in [1.82, 2.24) is 0 Å². The van der Waals surface area contributed by atoms with E-state index in [9.17, 15) is 0 Å². The average Bonchev–Trinajstić information content (AvgIpc) is 2.53. The Hall–Kier alpha value is -0.300. The van der Waals surface area contributed by atoms with Gasteiger partial charge in [-0.25, -0.2) is 0 Å². The van der Waals surface area contributed by atoms with Crippen LogP contribution in [0.3, 0.4) is 0 Å². The first-order valence-electron chi connectivity index (χ1n) is 9.41. The van der Waals surface area contributed by atoms with Crippen molar-refractivity contribution in [3.05, 3.63) is 12.7 Å². The van der Waals surface area contributed by atoms with Gasteiger partial charge in [-0.05, 0) is 49.4 Å². The second-order valence-electron chi connectivity index (χ2n) is 7.67. The van der Waals surface area contributed by atoms with Crippen molar-refractivity contribution in [1.29, 1.82) is 0 Å². The highest BCUT2D eigenvalue weighted by atomic mass is 16.5. The summed E-state index contributed by atoms with van der Waals surface area (Å²) in [6.07, 6.45) is 19.4. The fourth-order valence-electron chi connectivity index (χ4n) is 4.56. The van der Waals surface area contributed by atoms with Gasteiger partial charge in [-0.2, -0.15) is 0 Å². The quantitative estimate of drug-likeness (QED) is 0.499. The van der Waals surface area contributed by atoms with Gasteiger partial charge in [0, 0.05) is 13.7 Å². The van der Waals surface area contributed by atoms with E-state index in [1.165, 1.54) is 77.0 Å². The lowest BCUT2D eigenvalue weighted by molar-refractivity contribution is 0.115. The molecule has 2 aliphatic rings. The van der Waals surface area contributed by atoms with Gasteiger partial charge in [0.1, 0.15) is 0 Å². The van der Waals surface area contributed by atoms with E-state index < -0.39 is 0 Å². The summed E-state index contributed by atoms with van der Waals surface area (Å²) in [6, 6.07) is 0. The van der Waals surface area contributed by atoms with Crippen molar-refractivity contribution >= 4 is 0 Å². The van der Waals surface area contributed by atoms with E-state index in [0.717, 1.165) is 30.3 Å². The Morgan fingerprint density at radius 3 is 1.62 bits per heavy atom.